The van der Waals surface area contributed by atoms with E-state index in [2.05, 4.69) is 10.6 Å². The van der Waals surface area contributed by atoms with Crippen LogP contribution in [0.15, 0.2) is 17.1 Å². The van der Waals surface area contributed by atoms with Crippen LogP contribution in [0.2, 0.25) is 0 Å². The minimum atomic E-state index is -0.331. The topological polar surface area (TPSA) is 83.4 Å². The number of urea groups is 1. The molecule has 0 aliphatic rings. The third-order valence-corrected chi connectivity index (χ3v) is 2.99. The van der Waals surface area contributed by atoms with Crippen LogP contribution in [0.5, 0.6) is 0 Å². The fourth-order valence-electron chi connectivity index (χ4n) is 1.73. The maximum Gasteiger partial charge on any atom is 0.319 e. The van der Waals surface area contributed by atoms with Crippen LogP contribution in [0.1, 0.15) is 25.3 Å². The molecule has 106 valence electrons. The van der Waals surface area contributed by atoms with E-state index in [9.17, 15) is 9.59 Å². The molecule has 0 fully saturated rings. The van der Waals surface area contributed by atoms with Crippen molar-refractivity contribution >= 4 is 11.7 Å². The lowest BCUT2D eigenvalue weighted by atomic mass is 10.1. The highest BCUT2D eigenvalue weighted by atomic mass is 16.3. The van der Waals surface area contributed by atoms with Gasteiger partial charge in [0.1, 0.15) is 0 Å². The lowest BCUT2D eigenvalue weighted by molar-refractivity contribution is 0.237. The van der Waals surface area contributed by atoms with Crippen molar-refractivity contribution in [1.29, 1.82) is 0 Å². The third-order valence-electron chi connectivity index (χ3n) is 2.99. The van der Waals surface area contributed by atoms with Gasteiger partial charge >= 0.3 is 6.03 Å². The van der Waals surface area contributed by atoms with E-state index in [-0.39, 0.29) is 24.2 Å². The Morgan fingerprint density at radius 3 is 2.79 bits per heavy atom. The van der Waals surface area contributed by atoms with Crippen molar-refractivity contribution in [3.8, 4) is 0 Å². The van der Waals surface area contributed by atoms with Crippen LogP contribution in [-0.2, 0) is 7.05 Å². The van der Waals surface area contributed by atoms with Crippen LogP contribution >= 0.6 is 0 Å². The number of nitrogens with zero attached hydrogens (tertiary/aromatic N) is 1. The fraction of sp³-hybridized carbons (Fsp3) is 0.538. The molecule has 6 heteroatoms. The largest absolute Gasteiger partial charge is 0.396 e. The highest BCUT2D eigenvalue weighted by Gasteiger charge is 2.11. The molecule has 1 aromatic heterocycles. The first-order chi connectivity index (χ1) is 8.97. The Hall–Kier alpha value is -1.82. The summed E-state index contributed by atoms with van der Waals surface area (Å²) in [5.74, 6) is 0. The minimum Gasteiger partial charge on any atom is -0.396 e. The van der Waals surface area contributed by atoms with Crippen molar-refractivity contribution in [2.45, 2.75) is 32.7 Å². The van der Waals surface area contributed by atoms with Gasteiger partial charge in [-0.25, -0.2) is 4.79 Å². The first-order valence-corrected chi connectivity index (χ1v) is 6.33. The molecule has 6 nitrogen and oxygen atoms in total. The quantitative estimate of drug-likeness (QED) is 0.743. The second kappa shape index (κ2) is 6.94. The molecule has 1 aromatic rings. The van der Waals surface area contributed by atoms with E-state index in [1.807, 2.05) is 6.92 Å². The Morgan fingerprint density at radius 1 is 1.53 bits per heavy atom. The molecular weight excluding hydrogens is 246 g/mol. The molecule has 0 bridgehead atoms. The molecule has 1 rings (SSSR count). The van der Waals surface area contributed by atoms with Gasteiger partial charge in [-0.15, -0.1) is 0 Å². The van der Waals surface area contributed by atoms with E-state index in [0.29, 0.717) is 17.7 Å². The zero-order valence-electron chi connectivity index (χ0n) is 11.6. The fourth-order valence-corrected chi connectivity index (χ4v) is 1.73. The van der Waals surface area contributed by atoms with Crippen LogP contribution in [0.3, 0.4) is 0 Å². The van der Waals surface area contributed by atoms with Gasteiger partial charge in [-0.2, -0.15) is 0 Å². The van der Waals surface area contributed by atoms with Crippen molar-refractivity contribution in [2.24, 2.45) is 7.05 Å². The maximum absolute atomic E-state index is 11.8. The van der Waals surface area contributed by atoms with Gasteiger partial charge < -0.3 is 20.3 Å². The SMILES string of the molecule is CCC(CCO)NC(=O)Nc1cn(C)c(=O)cc1C. The average Bonchev–Trinajstić information content (AvgIpc) is 2.35. The van der Waals surface area contributed by atoms with Crippen molar-refractivity contribution in [2.75, 3.05) is 11.9 Å². The second-order valence-corrected chi connectivity index (χ2v) is 4.54. The summed E-state index contributed by atoms with van der Waals surface area (Å²) in [5.41, 5.74) is 1.20. The number of nitrogens with one attached hydrogen (secondary N) is 2. The number of aryl methyl sites for hydroxylation is 2. The Kier molecular flexibility index (Phi) is 5.57. The minimum absolute atomic E-state index is 0.0393. The molecule has 0 aromatic carbocycles. The normalized spacial score (nSPS) is 12.0. The lowest BCUT2D eigenvalue weighted by Gasteiger charge is -2.17. The first kappa shape index (κ1) is 15.2. The summed E-state index contributed by atoms with van der Waals surface area (Å²) in [6.07, 6.45) is 2.86. The number of amides is 2. The number of carbonyl (C=O) groups excluding carboxylic acids is 1. The summed E-state index contributed by atoms with van der Waals surface area (Å²) in [6, 6.07) is 1.08. The van der Waals surface area contributed by atoms with E-state index in [1.165, 1.54) is 10.6 Å². The molecule has 0 saturated carbocycles. The van der Waals surface area contributed by atoms with Gasteiger partial charge in [-0.3, -0.25) is 4.79 Å². The highest BCUT2D eigenvalue weighted by molar-refractivity contribution is 5.90. The summed E-state index contributed by atoms with van der Waals surface area (Å²) in [6.45, 7) is 3.75. The van der Waals surface area contributed by atoms with E-state index < -0.39 is 0 Å². The molecule has 1 atom stereocenters. The van der Waals surface area contributed by atoms with Crippen molar-refractivity contribution in [3.05, 3.63) is 28.2 Å². The summed E-state index contributed by atoms with van der Waals surface area (Å²) < 4.78 is 1.41. The first-order valence-electron chi connectivity index (χ1n) is 6.33. The van der Waals surface area contributed by atoms with Crippen LogP contribution in [0.25, 0.3) is 0 Å². The number of aliphatic hydroxyl groups is 1. The van der Waals surface area contributed by atoms with Crippen LogP contribution < -0.4 is 16.2 Å². The molecule has 0 aliphatic carbocycles. The smallest absolute Gasteiger partial charge is 0.319 e. The van der Waals surface area contributed by atoms with Gasteiger partial charge in [0.2, 0.25) is 0 Å². The molecular formula is C13H21N3O3. The zero-order chi connectivity index (χ0) is 14.4. The number of carbonyl (C=O) groups is 1. The Balaban J connectivity index is 2.71. The van der Waals surface area contributed by atoms with Crippen molar-refractivity contribution < 1.29 is 9.90 Å². The number of hydrogen-bond donors (Lipinski definition) is 3. The molecule has 1 unspecified atom stereocenters. The number of aromatic nitrogens is 1. The van der Waals surface area contributed by atoms with Gasteiger partial charge in [0, 0.05) is 32.0 Å². The molecule has 3 N–H and O–H groups in total. The average molecular weight is 267 g/mol. The van der Waals surface area contributed by atoms with Gasteiger partial charge in [-0.05, 0) is 25.3 Å². The van der Waals surface area contributed by atoms with Gasteiger partial charge in [0.15, 0.2) is 0 Å². The van der Waals surface area contributed by atoms with E-state index >= 15 is 0 Å². The summed E-state index contributed by atoms with van der Waals surface area (Å²) in [5, 5.41) is 14.4. The number of hydrogen-bond acceptors (Lipinski definition) is 3. The summed E-state index contributed by atoms with van der Waals surface area (Å²) in [7, 11) is 1.63. The van der Waals surface area contributed by atoms with Gasteiger partial charge in [0.05, 0.1) is 5.69 Å². The Bertz CT molecular complexity index is 496. The van der Waals surface area contributed by atoms with E-state index in [4.69, 9.17) is 5.11 Å². The molecule has 0 spiro atoms. The Labute approximate surface area is 112 Å². The van der Waals surface area contributed by atoms with E-state index in [1.54, 1.807) is 20.2 Å². The van der Waals surface area contributed by atoms with E-state index in [0.717, 1.165) is 6.42 Å². The summed E-state index contributed by atoms with van der Waals surface area (Å²) >= 11 is 0. The molecule has 0 saturated heterocycles. The number of anilines is 1. The maximum atomic E-state index is 11.8. The van der Waals surface area contributed by atoms with Crippen LogP contribution in [0.4, 0.5) is 10.5 Å². The second-order valence-electron chi connectivity index (χ2n) is 4.54. The molecule has 2 amide bonds. The lowest BCUT2D eigenvalue weighted by Crippen LogP contribution is -2.38. The molecule has 19 heavy (non-hydrogen) atoms. The molecule has 0 radical (unpaired) electrons. The predicted octanol–water partition coefficient (Wildman–Crippen LogP) is 0.976. The van der Waals surface area contributed by atoms with Crippen LogP contribution in [0, 0.1) is 6.92 Å². The van der Waals surface area contributed by atoms with Gasteiger partial charge in [-0.1, -0.05) is 6.92 Å². The van der Waals surface area contributed by atoms with Crippen molar-refractivity contribution in [3.63, 3.8) is 0 Å². The Morgan fingerprint density at radius 2 is 2.21 bits per heavy atom. The number of pyridine rings is 1. The molecule has 0 aliphatic heterocycles. The number of aliphatic hydroxyl groups excluding tert-OH is 1. The van der Waals surface area contributed by atoms with Crippen molar-refractivity contribution in [1.82, 2.24) is 9.88 Å². The standard InChI is InChI=1S/C13H21N3O3/c1-4-10(5-6-17)14-13(19)15-11-8-16(3)12(18)7-9(11)2/h7-8,10,17H,4-6H2,1-3H3,(H2,14,15,19). The third kappa shape index (κ3) is 4.40. The van der Waals surface area contributed by atoms with Crippen LogP contribution in [-0.4, -0.2) is 28.4 Å². The highest BCUT2D eigenvalue weighted by Crippen LogP contribution is 2.10. The monoisotopic (exact) mass is 267 g/mol. The summed E-state index contributed by atoms with van der Waals surface area (Å²) in [4.78, 5) is 23.2. The van der Waals surface area contributed by atoms with Gasteiger partial charge in [0.25, 0.3) is 5.56 Å². The molecule has 1 heterocycles. The zero-order valence-corrected chi connectivity index (χ0v) is 11.6. The number of rotatable bonds is 5. The predicted molar refractivity (Wildman–Crippen MR) is 74.4 cm³/mol.